The highest BCUT2D eigenvalue weighted by molar-refractivity contribution is 6.30. The maximum Gasteiger partial charge on any atom is 0.338 e. The lowest BCUT2D eigenvalue weighted by molar-refractivity contribution is 0.0500. The summed E-state index contributed by atoms with van der Waals surface area (Å²) in [5, 5.41) is 10.1. The highest BCUT2D eigenvalue weighted by Crippen LogP contribution is 2.26. The van der Waals surface area contributed by atoms with Gasteiger partial charge in [-0.1, -0.05) is 49.2 Å². The van der Waals surface area contributed by atoms with Gasteiger partial charge in [-0.3, -0.25) is 0 Å². The molecule has 0 saturated carbocycles. The van der Waals surface area contributed by atoms with Gasteiger partial charge in [0.25, 0.3) is 0 Å². The Morgan fingerprint density at radius 1 is 1.07 bits per heavy atom. The number of carbonyl (C=O) groups excluding carboxylic acids is 1. The Bertz CT molecular complexity index is 1040. The Morgan fingerprint density at radius 3 is 2.41 bits per heavy atom. The summed E-state index contributed by atoms with van der Waals surface area (Å²) in [5.74, 6) is 0.889. The minimum absolute atomic E-state index is 0.324. The van der Waals surface area contributed by atoms with E-state index in [1.54, 1.807) is 48.5 Å². The Labute approximate surface area is 175 Å². The smallest absolute Gasteiger partial charge is 0.338 e. The Balaban J connectivity index is 1.74. The third kappa shape index (κ3) is 5.37. The molecule has 0 unspecified atom stereocenters. The zero-order valence-electron chi connectivity index (χ0n) is 16.0. The van der Waals surface area contributed by atoms with Crippen molar-refractivity contribution in [3.8, 4) is 17.4 Å². The molecule has 146 valence electrons. The lowest BCUT2D eigenvalue weighted by Gasteiger charge is -2.04. The van der Waals surface area contributed by atoms with E-state index < -0.39 is 0 Å². The number of halogens is 1. The average Bonchev–Trinajstić information content (AvgIpc) is 3.21. The van der Waals surface area contributed by atoms with Gasteiger partial charge in [0.1, 0.15) is 11.5 Å². The van der Waals surface area contributed by atoms with Crippen LogP contribution in [-0.2, 0) is 4.74 Å². The molecule has 1 aromatic heterocycles. The van der Waals surface area contributed by atoms with Crippen LogP contribution in [0.4, 0.5) is 0 Å². The zero-order valence-corrected chi connectivity index (χ0v) is 16.8. The largest absolute Gasteiger partial charge is 0.462 e. The minimum atomic E-state index is -0.324. The molecule has 0 saturated heterocycles. The second kappa shape index (κ2) is 9.77. The number of esters is 1. The number of allylic oxidation sites excluding steroid dienone is 1. The summed E-state index contributed by atoms with van der Waals surface area (Å²) in [7, 11) is 0. The summed E-state index contributed by atoms with van der Waals surface area (Å²) in [5.41, 5.74) is 2.58. The molecule has 3 rings (SSSR count). The first-order valence-corrected chi connectivity index (χ1v) is 9.73. The number of hydrogen-bond acceptors (Lipinski definition) is 4. The van der Waals surface area contributed by atoms with Crippen LogP contribution in [0, 0.1) is 11.3 Å². The van der Waals surface area contributed by atoms with E-state index in [1.807, 2.05) is 25.1 Å². The van der Waals surface area contributed by atoms with Crippen molar-refractivity contribution in [1.82, 2.24) is 0 Å². The van der Waals surface area contributed by atoms with Crippen molar-refractivity contribution in [2.45, 2.75) is 19.8 Å². The summed E-state index contributed by atoms with van der Waals surface area (Å²) in [6, 6.07) is 19.9. The molecule has 3 aromatic rings. The van der Waals surface area contributed by atoms with E-state index in [1.165, 1.54) is 0 Å². The van der Waals surface area contributed by atoms with E-state index in [2.05, 4.69) is 6.07 Å². The zero-order chi connectivity index (χ0) is 20.6. The molecule has 0 amide bonds. The summed E-state index contributed by atoms with van der Waals surface area (Å²) in [6.07, 6.45) is 3.52. The second-order valence-electron chi connectivity index (χ2n) is 6.45. The van der Waals surface area contributed by atoms with Crippen LogP contribution in [0.1, 0.15) is 41.4 Å². The number of furan rings is 1. The van der Waals surface area contributed by atoms with E-state index in [9.17, 15) is 10.1 Å². The molecule has 0 aliphatic heterocycles. The van der Waals surface area contributed by atoms with Crippen LogP contribution in [0.3, 0.4) is 0 Å². The number of carbonyl (C=O) groups is 1. The monoisotopic (exact) mass is 405 g/mol. The number of nitrogens with zero attached hydrogens (tertiary/aromatic N) is 1. The van der Waals surface area contributed by atoms with Gasteiger partial charge >= 0.3 is 5.97 Å². The van der Waals surface area contributed by atoms with Crippen LogP contribution in [0.5, 0.6) is 0 Å². The van der Waals surface area contributed by atoms with E-state index in [0.717, 1.165) is 24.0 Å². The van der Waals surface area contributed by atoms with E-state index in [-0.39, 0.29) is 5.97 Å². The first kappa shape index (κ1) is 20.4. The van der Waals surface area contributed by atoms with Crippen LogP contribution in [0.25, 0.3) is 23.0 Å². The highest BCUT2D eigenvalue weighted by Gasteiger charge is 2.10. The average molecular weight is 406 g/mol. The van der Waals surface area contributed by atoms with Gasteiger partial charge in [-0.25, -0.2) is 4.79 Å². The molecule has 2 aromatic carbocycles. The fourth-order valence-corrected chi connectivity index (χ4v) is 2.83. The second-order valence-corrected chi connectivity index (χ2v) is 6.88. The first-order chi connectivity index (χ1) is 14.1. The Hall–Kier alpha value is -3.29. The van der Waals surface area contributed by atoms with Crippen molar-refractivity contribution in [3.63, 3.8) is 0 Å². The number of unbranched alkanes of at least 4 members (excludes halogenated alkanes) is 1. The van der Waals surface area contributed by atoms with Gasteiger partial charge < -0.3 is 9.15 Å². The molecule has 1 heterocycles. The number of ether oxygens (including phenoxy) is 1. The normalized spacial score (nSPS) is 11.1. The van der Waals surface area contributed by atoms with Crippen LogP contribution in [0.15, 0.2) is 65.1 Å². The van der Waals surface area contributed by atoms with Crippen LogP contribution < -0.4 is 0 Å². The molecule has 0 radical (unpaired) electrons. The van der Waals surface area contributed by atoms with Gasteiger partial charge in [0.15, 0.2) is 0 Å². The first-order valence-electron chi connectivity index (χ1n) is 9.36. The number of hydrogen-bond donors (Lipinski definition) is 0. The molecule has 0 spiro atoms. The SMILES string of the molecule is CCCCOC(=O)c1ccc(-c2ccc(C=C(C#N)c3ccc(Cl)cc3)o2)cc1. The summed E-state index contributed by atoms with van der Waals surface area (Å²) in [4.78, 5) is 12.0. The maximum atomic E-state index is 12.0. The van der Waals surface area contributed by atoms with Crippen LogP contribution in [-0.4, -0.2) is 12.6 Å². The lowest BCUT2D eigenvalue weighted by Crippen LogP contribution is -2.05. The maximum absolute atomic E-state index is 12.0. The Kier molecular flexibility index (Phi) is 6.89. The molecule has 0 aliphatic carbocycles. The predicted octanol–water partition coefficient (Wildman–Crippen LogP) is 6.62. The fraction of sp³-hybridized carbons (Fsp3) is 0.167. The molecule has 0 aliphatic rings. The molecule has 0 bridgehead atoms. The molecule has 0 N–H and O–H groups in total. The molecule has 4 nitrogen and oxygen atoms in total. The van der Waals surface area contributed by atoms with E-state index in [4.69, 9.17) is 20.8 Å². The van der Waals surface area contributed by atoms with Gasteiger partial charge in [0.05, 0.1) is 23.8 Å². The topological polar surface area (TPSA) is 63.2 Å². The van der Waals surface area contributed by atoms with Crippen molar-refractivity contribution in [2.24, 2.45) is 0 Å². The summed E-state index contributed by atoms with van der Waals surface area (Å²) >= 11 is 5.90. The third-order valence-corrected chi connectivity index (χ3v) is 4.58. The molecule has 0 fully saturated rings. The Morgan fingerprint density at radius 2 is 1.76 bits per heavy atom. The highest BCUT2D eigenvalue weighted by atomic mass is 35.5. The number of rotatable bonds is 7. The third-order valence-electron chi connectivity index (χ3n) is 4.33. The van der Waals surface area contributed by atoms with Crippen molar-refractivity contribution in [1.29, 1.82) is 5.26 Å². The molecule has 5 heteroatoms. The summed E-state index contributed by atoms with van der Waals surface area (Å²) < 4.78 is 11.1. The molecule has 0 atom stereocenters. The fourth-order valence-electron chi connectivity index (χ4n) is 2.70. The number of benzene rings is 2. The quantitative estimate of drug-likeness (QED) is 0.251. The molecular weight excluding hydrogens is 386 g/mol. The van der Waals surface area contributed by atoms with E-state index in [0.29, 0.717) is 34.3 Å². The standard InChI is InChI=1S/C24H20ClNO3/c1-2-3-14-28-24(27)19-6-4-18(5-7-19)23-13-12-22(29-23)15-20(16-26)17-8-10-21(25)11-9-17/h4-13,15H,2-3,14H2,1H3. The van der Waals surface area contributed by atoms with Gasteiger partial charge in [-0.15, -0.1) is 0 Å². The van der Waals surface area contributed by atoms with Crippen LogP contribution in [0.2, 0.25) is 5.02 Å². The molecular formula is C24H20ClNO3. The van der Waals surface area contributed by atoms with Crippen LogP contribution >= 0.6 is 11.6 Å². The van der Waals surface area contributed by atoms with Crippen molar-refractivity contribution in [2.75, 3.05) is 6.61 Å². The van der Waals surface area contributed by atoms with Gasteiger partial charge in [-0.05, 0) is 54.5 Å². The van der Waals surface area contributed by atoms with Crippen molar-refractivity contribution < 1.29 is 13.9 Å². The van der Waals surface area contributed by atoms with Crippen molar-refractivity contribution in [3.05, 3.63) is 82.6 Å². The van der Waals surface area contributed by atoms with Gasteiger partial charge in [0, 0.05) is 10.6 Å². The van der Waals surface area contributed by atoms with Gasteiger partial charge in [-0.2, -0.15) is 5.26 Å². The summed E-state index contributed by atoms with van der Waals surface area (Å²) in [6.45, 7) is 2.48. The lowest BCUT2D eigenvalue weighted by atomic mass is 10.1. The minimum Gasteiger partial charge on any atom is -0.462 e. The number of nitriles is 1. The van der Waals surface area contributed by atoms with Crippen molar-refractivity contribution >= 4 is 29.2 Å². The van der Waals surface area contributed by atoms with Gasteiger partial charge in [0.2, 0.25) is 0 Å². The molecule has 29 heavy (non-hydrogen) atoms. The van der Waals surface area contributed by atoms with E-state index >= 15 is 0 Å². The predicted molar refractivity (Wildman–Crippen MR) is 114 cm³/mol.